The number of ketones is 1. The van der Waals surface area contributed by atoms with E-state index in [9.17, 15) is 14.7 Å². The molecule has 0 radical (unpaired) electrons. The van der Waals surface area contributed by atoms with Gasteiger partial charge in [0.1, 0.15) is 0 Å². The molecule has 0 spiro atoms. The number of rotatable bonds is 18. The van der Waals surface area contributed by atoms with Crippen LogP contribution in [0, 0.1) is 5.92 Å². The molecule has 0 bridgehead atoms. The monoisotopic (exact) mass is 471 g/mol. The number of allylic oxidation sites excluding steroid dienone is 4. The Morgan fingerprint density at radius 2 is 1.56 bits per heavy atom. The molecule has 0 aliphatic heterocycles. The molecule has 0 amide bonds. The number of carbonyl (C=O) groups excluding carboxylic acids is 2. The zero-order valence-electron chi connectivity index (χ0n) is 21.4. The molecule has 5 heteroatoms. The highest BCUT2D eigenvalue weighted by Crippen LogP contribution is 2.28. The Morgan fingerprint density at radius 3 is 2.18 bits per heavy atom. The highest BCUT2D eigenvalue weighted by atomic mass is 16.5. The minimum absolute atomic E-state index is 0.00320. The number of aromatic hydroxyl groups is 1. The summed E-state index contributed by atoms with van der Waals surface area (Å²) in [5, 5.41) is 10.1. The summed E-state index contributed by atoms with van der Waals surface area (Å²) >= 11 is 0. The Bertz CT molecular complexity index is 782. The standard InChI is InChI=1S/C29H45NO4/c1-4-5-6-7-8-9-10-11-12-13-14-15-16-17-18-19-27(32)34-26-21-20-24(22-25(26)31)29(33)28(30)23(2)3/h7-8,10-11,20-23,28,31H,4-6,9,12-19,30H2,1-3H3/b8-7+,11-10+. The summed E-state index contributed by atoms with van der Waals surface area (Å²) in [7, 11) is 0. The number of ether oxygens (including phenoxy) is 1. The van der Waals surface area contributed by atoms with Crippen LogP contribution in [0.3, 0.4) is 0 Å². The van der Waals surface area contributed by atoms with Crippen molar-refractivity contribution in [1.29, 1.82) is 0 Å². The maximum absolute atomic E-state index is 12.3. The number of hydrogen-bond donors (Lipinski definition) is 2. The molecule has 5 nitrogen and oxygen atoms in total. The molecule has 0 heterocycles. The molecule has 3 N–H and O–H groups in total. The Hall–Kier alpha value is -2.40. The molecular weight excluding hydrogens is 426 g/mol. The van der Waals surface area contributed by atoms with Crippen molar-refractivity contribution >= 4 is 11.8 Å². The van der Waals surface area contributed by atoms with Crippen molar-refractivity contribution in [2.24, 2.45) is 11.7 Å². The zero-order chi connectivity index (χ0) is 25.2. The molecule has 0 aromatic heterocycles. The van der Waals surface area contributed by atoms with Gasteiger partial charge in [0, 0.05) is 12.0 Å². The Labute approximate surface area is 206 Å². The largest absolute Gasteiger partial charge is 0.504 e. The third-order valence-electron chi connectivity index (χ3n) is 5.82. The van der Waals surface area contributed by atoms with E-state index in [-0.39, 0.29) is 29.2 Å². The fourth-order valence-electron chi connectivity index (χ4n) is 3.49. The van der Waals surface area contributed by atoms with E-state index in [1.165, 1.54) is 56.7 Å². The van der Waals surface area contributed by atoms with E-state index in [4.69, 9.17) is 10.5 Å². The van der Waals surface area contributed by atoms with E-state index in [1.54, 1.807) is 0 Å². The van der Waals surface area contributed by atoms with E-state index in [1.807, 2.05) is 13.8 Å². The van der Waals surface area contributed by atoms with Crippen molar-refractivity contribution in [2.45, 2.75) is 104 Å². The molecule has 0 fully saturated rings. The van der Waals surface area contributed by atoms with Crippen molar-refractivity contribution in [2.75, 3.05) is 0 Å². The summed E-state index contributed by atoms with van der Waals surface area (Å²) in [6.07, 6.45) is 21.7. The van der Waals surface area contributed by atoms with Crippen molar-refractivity contribution in [3.05, 3.63) is 48.1 Å². The summed E-state index contributed by atoms with van der Waals surface area (Å²) in [4.78, 5) is 24.4. The number of benzene rings is 1. The number of carbonyl (C=O) groups is 2. The smallest absolute Gasteiger partial charge is 0.311 e. The van der Waals surface area contributed by atoms with Gasteiger partial charge in [-0.1, -0.05) is 83.6 Å². The summed E-state index contributed by atoms with van der Waals surface area (Å²) in [5.74, 6) is -0.770. The number of unbranched alkanes of at least 4 members (excludes halogenated alkanes) is 8. The van der Waals surface area contributed by atoms with Crippen LogP contribution in [-0.2, 0) is 4.79 Å². The van der Waals surface area contributed by atoms with Crippen LogP contribution in [-0.4, -0.2) is 22.9 Å². The Morgan fingerprint density at radius 1 is 0.941 bits per heavy atom. The van der Waals surface area contributed by atoms with Gasteiger partial charge in [-0.25, -0.2) is 0 Å². The molecule has 0 saturated heterocycles. The third-order valence-corrected chi connectivity index (χ3v) is 5.82. The molecular formula is C29H45NO4. The lowest BCUT2D eigenvalue weighted by Gasteiger charge is -2.15. The van der Waals surface area contributed by atoms with Crippen LogP contribution in [0.2, 0.25) is 0 Å². The normalized spacial score (nSPS) is 12.6. The molecule has 34 heavy (non-hydrogen) atoms. The summed E-state index contributed by atoms with van der Waals surface area (Å²) in [6.45, 7) is 5.95. The van der Waals surface area contributed by atoms with E-state index < -0.39 is 6.04 Å². The lowest BCUT2D eigenvalue weighted by Crippen LogP contribution is -2.35. The number of phenols is 1. The fraction of sp³-hybridized carbons (Fsp3) is 0.586. The predicted octanol–water partition coefficient (Wildman–Crippen LogP) is 7.28. The number of Topliss-reactive ketones (excluding diaryl/α,β-unsaturated/α-hetero) is 1. The van der Waals surface area contributed by atoms with Gasteiger partial charge in [-0.05, 0) is 56.2 Å². The van der Waals surface area contributed by atoms with Crippen LogP contribution < -0.4 is 10.5 Å². The first kappa shape index (κ1) is 29.6. The van der Waals surface area contributed by atoms with Gasteiger partial charge in [0.15, 0.2) is 17.3 Å². The lowest BCUT2D eigenvalue weighted by molar-refractivity contribution is -0.134. The van der Waals surface area contributed by atoms with Gasteiger partial charge >= 0.3 is 5.97 Å². The molecule has 0 aliphatic carbocycles. The van der Waals surface area contributed by atoms with E-state index in [2.05, 4.69) is 31.2 Å². The third kappa shape index (κ3) is 12.7. The molecule has 1 rings (SSSR count). The molecule has 0 saturated carbocycles. The average molecular weight is 472 g/mol. The molecule has 190 valence electrons. The molecule has 0 aliphatic rings. The van der Waals surface area contributed by atoms with E-state index >= 15 is 0 Å². The summed E-state index contributed by atoms with van der Waals surface area (Å²) in [5.41, 5.74) is 6.20. The van der Waals surface area contributed by atoms with Gasteiger partial charge < -0.3 is 15.6 Å². The van der Waals surface area contributed by atoms with Gasteiger partial charge in [0.05, 0.1) is 6.04 Å². The highest BCUT2D eigenvalue weighted by Gasteiger charge is 2.20. The van der Waals surface area contributed by atoms with Crippen molar-refractivity contribution in [1.82, 2.24) is 0 Å². The topological polar surface area (TPSA) is 89.6 Å². The molecule has 1 unspecified atom stereocenters. The maximum atomic E-state index is 12.3. The fourth-order valence-corrected chi connectivity index (χ4v) is 3.49. The second kappa shape index (κ2) is 18.0. The Kier molecular flexibility index (Phi) is 15.7. The van der Waals surface area contributed by atoms with Crippen LogP contribution in [0.15, 0.2) is 42.5 Å². The van der Waals surface area contributed by atoms with Crippen molar-refractivity contribution in [3.8, 4) is 11.5 Å². The van der Waals surface area contributed by atoms with Crippen LogP contribution in [0.25, 0.3) is 0 Å². The first-order valence-electron chi connectivity index (χ1n) is 13.0. The Balaban J connectivity index is 2.15. The van der Waals surface area contributed by atoms with Gasteiger partial charge in [0.25, 0.3) is 0 Å². The quantitative estimate of drug-likeness (QED) is 0.0772. The van der Waals surface area contributed by atoms with E-state index in [0.29, 0.717) is 12.0 Å². The summed E-state index contributed by atoms with van der Waals surface area (Å²) < 4.78 is 5.26. The lowest BCUT2D eigenvalue weighted by atomic mass is 9.96. The van der Waals surface area contributed by atoms with Crippen LogP contribution in [0.5, 0.6) is 11.5 Å². The van der Waals surface area contributed by atoms with Crippen LogP contribution in [0.1, 0.15) is 108 Å². The molecule has 1 atom stereocenters. The van der Waals surface area contributed by atoms with Gasteiger partial charge in [-0.15, -0.1) is 0 Å². The summed E-state index contributed by atoms with van der Waals surface area (Å²) in [6, 6.07) is 3.66. The van der Waals surface area contributed by atoms with Gasteiger partial charge in [-0.2, -0.15) is 0 Å². The number of nitrogens with two attached hydrogens (primary N) is 1. The maximum Gasteiger partial charge on any atom is 0.311 e. The van der Waals surface area contributed by atoms with Gasteiger partial charge in [-0.3, -0.25) is 9.59 Å². The molecule has 1 aromatic rings. The minimum Gasteiger partial charge on any atom is -0.504 e. The number of phenolic OH excluding ortho intramolecular Hbond substituents is 1. The minimum atomic E-state index is -0.633. The molecule has 1 aromatic carbocycles. The van der Waals surface area contributed by atoms with E-state index in [0.717, 1.165) is 32.1 Å². The first-order chi connectivity index (χ1) is 16.4. The number of esters is 1. The van der Waals surface area contributed by atoms with Crippen molar-refractivity contribution < 1.29 is 19.4 Å². The average Bonchev–Trinajstić information content (AvgIpc) is 2.81. The zero-order valence-corrected chi connectivity index (χ0v) is 21.4. The van der Waals surface area contributed by atoms with Crippen molar-refractivity contribution in [3.63, 3.8) is 0 Å². The second-order valence-corrected chi connectivity index (χ2v) is 9.27. The van der Waals surface area contributed by atoms with Crippen LogP contribution >= 0.6 is 0 Å². The van der Waals surface area contributed by atoms with Gasteiger partial charge in [0.2, 0.25) is 0 Å². The SMILES string of the molecule is CCCC/C=C/C/C=C/CCCCCCCCC(=O)Oc1ccc(C(=O)C(N)C(C)C)cc1O. The number of hydrogen-bond acceptors (Lipinski definition) is 5. The first-order valence-corrected chi connectivity index (χ1v) is 13.0. The second-order valence-electron chi connectivity index (χ2n) is 9.27. The predicted molar refractivity (Wildman–Crippen MR) is 140 cm³/mol. The highest BCUT2D eigenvalue weighted by molar-refractivity contribution is 6.00. The van der Waals surface area contributed by atoms with Crippen LogP contribution in [0.4, 0.5) is 0 Å².